The van der Waals surface area contributed by atoms with Crippen molar-refractivity contribution in [3.8, 4) is 0 Å². The third kappa shape index (κ3) is 3.64. The van der Waals surface area contributed by atoms with Gasteiger partial charge < -0.3 is 14.7 Å². The molecule has 0 unspecified atom stereocenters. The Morgan fingerprint density at radius 2 is 2.17 bits per heavy atom. The smallest absolute Gasteiger partial charge is 0.255 e. The number of benzene rings is 1. The number of likely N-dealkylation sites (tertiary alicyclic amines) is 1. The molecule has 1 N–H and O–H groups in total. The van der Waals surface area contributed by atoms with E-state index in [-0.39, 0.29) is 5.91 Å². The summed E-state index contributed by atoms with van der Waals surface area (Å²) >= 11 is 6.07. The number of hydrogen-bond acceptors (Lipinski definition) is 5. The van der Waals surface area contributed by atoms with Gasteiger partial charge in [-0.3, -0.25) is 4.79 Å². The van der Waals surface area contributed by atoms with Crippen molar-refractivity contribution in [1.29, 1.82) is 0 Å². The largest absolute Gasteiger partial charge is 0.375 e. The van der Waals surface area contributed by atoms with Gasteiger partial charge in [-0.2, -0.15) is 4.98 Å². The molecule has 0 atom stereocenters. The molecule has 0 saturated carbocycles. The van der Waals surface area contributed by atoms with Gasteiger partial charge >= 0.3 is 0 Å². The lowest BCUT2D eigenvalue weighted by molar-refractivity contribution is 0.0793. The fourth-order valence-corrected chi connectivity index (χ4v) is 2.79. The number of amides is 1. The number of nitrogens with one attached hydrogen (secondary N) is 1. The zero-order valence-corrected chi connectivity index (χ0v) is 13.8. The quantitative estimate of drug-likeness (QED) is 0.909. The zero-order valence-electron chi connectivity index (χ0n) is 13.0. The normalized spacial score (nSPS) is 14.3. The lowest BCUT2D eigenvalue weighted by Gasteiger charge is -2.18. The molecule has 3 rings (SSSR count). The van der Waals surface area contributed by atoms with E-state index >= 15 is 0 Å². The first-order chi connectivity index (χ1) is 11.2. The molecule has 0 aliphatic carbocycles. The maximum atomic E-state index is 12.6. The van der Waals surface area contributed by atoms with Gasteiger partial charge in [0.15, 0.2) is 5.82 Å². The van der Waals surface area contributed by atoms with Crippen LogP contribution in [0.2, 0.25) is 5.02 Å². The van der Waals surface area contributed by atoms with Crippen LogP contribution >= 0.6 is 11.6 Å². The van der Waals surface area contributed by atoms with Crippen LogP contribution in [0.15, 0.2) is 22.7 Å². The van der Waals surface area contributed by atoms with E-state index in [1.165, 1.54) is 0 Å². The molecule has 23 heavy (non-hydrogen) atoms. The molecule has 1 aromatic carbocycles. The molecule has 1 amide bonds. The number of carbonyl (C=O) groups is 1. The SMILES string of the molecule is CCc1noc(CNc2cc(Cl)ccc2C(=O)N2CCCC2)n1. The maximum Gasteiger partial charge on any atom is 0.255 e. The molecule has 0 bridgehead atoms. The molecular formula is C16H19ClN4O2. The van der Waals surface area contributed by atoms with Gasteiger partial charge in [0.1, 0.15) is 0 Å². The number of nitrogens with zero attached hydrogens (tertiary/aromatic N) is 3. The first kappa shape index (κ1) is 15.8. The zero-order chi connectivity index (χ0) is 16.2. The minimum Gasteiger partial charge on any atom is -0.375 e. The lowest BCUT2D eigenvalue weighted by atomic mass is 10.1. The average Bonchev–Trinajstić information content (AvgIpc) is 3.24. The molecule has 1 fully saturated rings. The summed E-state index contributed by atoms with van der Waals surface area (Å²) in [6.07, 6.45) is 2.84. The van der Waals surface area contributed by atoms with Crippen molar-refractivity contribution in [2.45, 2.75) is 32.7 Å². The van der Waals surface area contributed by atoms with Gasteiger partial charge in [0.25, 0.3) is 5.91 Å². The Morgan fingerprint density at radius 1 is 1.39 bits per heavy atom. The Bertz CT molecular complexity index is 695. The molecule has 1 aromatic heterocycles. The molecule has 1 aliphatic heterocycles. The van der Waals surface area contributed by atoms with E-state index in [2.05, 4.69) is 15.5 Å². The molecular weight excluding hydrogens is 316 g/mol. The first-order valence-corrected chi connectivity index (χ1v) is 8.19. The minimum absolute atomic E-state index is 0.0291. The first-order valence-electron chi connectivity index (χ1n) is 7.81. The Morgan fingerprint density at radius 3 is 2.87 bits per heavy atom. The van der Waals surface area contributed by atoms with E-state index in [9.17, 15) is 4.79 Å². The molecule has 1 saturated heterocycles. The van der Waals surface area contributed by atoms with Crippen molar-refractivity contribution < 1.29 is 9.32 Å². The van der Waals surface area contributed by atoms with Crippen LogP contribution in [0.5, 0.6) is 0 Å². The van der Waals surface area contributed by atoms with Crippen molar-refractivity contribution in [2.75, 3.05) is 18.4 Å². The molecule has 2 heterocycles. The van der Waals surface area contributed by atoms with Crippen LogP contribution in [-0.4, -0.2) is 34.0 Å². The number of rotatable bonds is 5. The van der Waals surface area contributed by atoms with Crippen molar-refractivity contribution in [2.24, 2.45) is 0 Å². The number of aryl methyl sites for hydroxylation is 1. The molecule has 6 nitrogen and oxygen atoms in total. The highest BCUT2D eigenvalue weighted by Gasteiger charge is 2.22. The van der Waals surface area contributed by atoms with Crippen LogP contribution in [0.4, 0.5) is 5.69 Å². The van der Waals surface area contributed by atoms with Crippen molar-refractivity contribution >= 4 is 23.2 Å². The van der Waals surface area contributed by atoms with Crippen LogP contribution in [0.1, 0.15) is 41.8 Å². The Kier molecular flexibility index (Phi) is 4.81. The predicted molar refractivity (Wildman–Crippen MR) is 87.6 cm³/mol. The van der Waals surface area contributed by atoms with Crippen LogP contribution in [0.3, 0.4) is 0 Å². The topological polar surface area (TPSA) is 71.3 Å². The number of halogens is 1. The van der Waals surface area contributed by atoms with Crippen LogP contribution in [0.25, 0.3) is 0 Å². The van der Waals surface area contributed by atoms with Gasteiger partial charge in [0.05, 0.1) is 12.1 Å². The molecule has 122 valence electrons. The number of anilines is 1. The van der Waals surface area contributed by atoms with E-state index in [0.29, 0.717) is 34.5 Å². The van der Waals surface area contributed by atoms with E-state index in [4.69, 9.17) is 16.1 Å². The van der Waals surface area contributed by atoms with Gasteiger partial charge in [0.2, 0.25) is 5.89 Å². The van der Waals surface area contributed by atoms with E-state index < -0.39 is 0 Å². The summed E-state index contributed by atoms with van der Waals surface area (Å²) in [5.41, 5.74) is 1.30. The molecule has 0 spiro atoms. The fourth-order valence-electron chi connectivity index (χ4n) is 2.62. The minimum atomic E-state index is 0.0291. The van der Waals surface area contributed by atoms with Gasteiger partial charge in [-0.25, -0.2) is 0 Å². The Balaban J connectivity index is 1.77. The second-order valence-electron chi connectivity index (χ2n) is 5.50. The molecule has 7 heteroatoms. The van der Waals surface area contributed by atoms with Crippen molar-refractivity contribution in [1.82, 2.24) is 15.0 Å². The summed E-state index contributed by atoms with van der Waals surface area (Å²) in [4.78, 5) is 18.8. The summed E-state index contributed by atoms with van der Waals surface area (Å²) < 4.78 is 5.16. The fraction of sp³-hybridized carbons (Fsp3) is 0.438. The second kappa shape index (κ2) is 7.00. The third-order valence-electron chi connectivity index (χ3n) is 3.86. The van der Waals surface area contributed by atoms with Crippen LogP contribution in [0, 0.1) is 0 Å². The number of aromatic nitrogens is 2. The predicted octanol–water partition coefficient (Wildman–Crippen LogP) is 3.13. The lowest BCUT2D eigenvalue weighted by Crippen LogP contribution is -2.28. The number of hydrogen-bond donors (Lipinski definition) is 1. The second-order valence-corrected chi connectivity index (χ2v) is 5.94. The third-order valence-corrected chi connectivity index (χ3v) is 4.10. The summed E-state index contributed by atoms with van der Waals surface area (Å²) in [6, 6.07) is 5.25. The van der Waals surface area contributed by atoms with Crippen LogP contribution < -0.4 is 5.32 Å². The van der Waals surface area contributed by atoms with Crippen molar-refractivity contribution in [3.05, 3.63) is 40.5 Å². The van der Waals surface area contributed by atoms with Crippen molar-refractivity contribution in [3.63, 3.8) is 0 Å². The monoisotopic (exact) mass is 334 g/mol. The van der Waals surface area contributed by atoms with E-state index in [1.807, 2.05) is 11.8 Å². The molecule has 2 aromatic rings. The van der Waals surface area contributed by atoms with Gasteiger partial charge in [-0.05, 0) is 31.0 Å². The summed E-state index contributed by atoms with van der Waals surface area (Å²) in [6.45, 7) is 3.94. The van der Waals surface area contributed by atoms with E-state index in [1.54, 1.807) is 18.2 Å². The molecule has 0 radical (unpaired) electrons. The highest BCUT2D eigenvalue weighted by Crippen LogP contribution is 2.24. The van der Waals surface area contributed by atoms with Gasteiger partial charge in [0, 0.05) is 30.2 Å². The van der Waals surface area contributed by atoms with E-state index in [0.717, 1.165) is 32.4 Å². The Hall–Kier alpha value is -2.08. The summed E-state index contributed by atoms with van der Waals surface area (Å²) in [7, 11) is 0. The Labute approximate surface area is 139 Å². The highest BCUT2D eigenvalue weighted by molar-refractivity contribution is 6.31. The summed E-state index contributed by atoms with van der Waals surface area (Å²) in [5, 5.41) is 7.62. The highest BCUT2D eigenvalue weighted by atomic mass is 35.5. The standard InChI is InChI=1S/C16H19ClN4O2/c1-2-14-19-15(23-20-14)10-18-13-9-11(17)5-6-12(13)16(22)21-7-3-4-8-21/h5-6,9,18H,2-4,7-8,10H2,1H3. The molecule has 1 aliphatic rings. The maximum absolute atomic E-state index is 12.6. The number of carbonyl (C=O) groups excluding carboxylic acids is 1. The van der Waals surface area contributed by atoms with Crippen LogP contribution in [-0.2, 0) is 13.0 Å². The van der Waals surface area contributed by atoms with Gasteiger partial charge in [-0.1, -0.05) is 23.7 Å². The average molecular weight is 335 g/mol. The summed E-state index contributed by atoms with van der Waals surface area (Å²) in [5.74, 6) is 1.18. The van der Waals surface area contributed by atoms with Gasteiger partial charge in [-0.15, -0.1) is 0 Å².